The van der Waals surface area contributed by atoms with Crippen molar-refractivity contribution in [3.63, 3.8) is 0 Å². The number of amides is 2. The summed E-state index contributed by atoms with van der Waals surface area (Å²) in [4.78, 5) is 38.4. The molecule has 4 aromatic carbocycles. The number of hydrogen-bond donors (Lipinski definition) is 3. The van der Waals surface area contributed by atoms with E-state index in [1.54, 1.807) is 36.4 Å². The molecule has 0 bridgehead atoms. The molecule has 0 aliphatic heterocycles. The second kappa shape index (κ2) is 13.2. The fourth-order valence-electron chi connectivity index (χ4n) is 4.06. The van der Waals surface area contributed by atoms with Crippen LogP contribution in [0.2, 0.25) is 5.02 Å². The van der Waals surface area contributed by atoms with Crippen LogP contribution in [-0.2, 0) is 22.2 Å². The zero-order valence-corrected chi connectivity index (χ0v) is 22.6. The Morgan fingerprint density at radius 3 is 2.10 bits per heavy atom. The normalized spacial score (nSPS) is 12.3. The summed E-state index contributed by atoms with van der Waals surface area (Å²) < 4.78 is 39.9. The Hall–Kier alpha value is -4.89. The van der Waals surface area contributed by atoms with Crippen molar-refractivity contribution in [1.82, 2.24) is 10.6 Å². The van der Waals surface area contributed by atoms with Crippen molar-refractivity contribution in [3.05, 3.63) is 136 Å². The minimum atomic E-state index is -4.64. The molecule has 0 radical (unpaired) electrons. The van der Waals surface area contributed by atoms with Crippen molar-refractivity contribution in [2.75, 3.05) is 0 Å². The van der Waals surface area contributed by atoms with E-state index in [1.807, 2.05) is 30.3 Å². The monoisotopic (exact) mass is 592 g/mol. The Balaban J connectivity index is 1.62. The smallest absolute Gasteiger partial charge is 0.416 e. The zero-order chi connectivity index (χ0) is 30.3. The average molecular weight is 593 g/mol. The standard InChI is InChI=1S/C32H24ClF3N2O4/c33-26-15-9-20(10-16-26)18-28(31(41)42)38-30(40)27(19-21-5-4-8-25(17-21)32(34,35)36)37-29(39)24-13-11-23(12-14-24)22-6-2-1-3-7-22/h1-17,19,28H,18H2,(H,37,39)(H,38,40)(H,41,42)/t28-/m0/s1. The highest BCUT2D eigenvalue weighted by molar-refractivity contribution is 6.30. The molecule has 1 atom stereocenters. The number of carbonyl (C=O) groups excluding carboxylic acids is 2. The van der Waals surface area contributed by atoms with E-state index in [9.17, 15) is 32.7 Å². The van der Waals surface area contributed by atoms with Crippen LogP contribution in [0.15, 0.2) is 109 Å². The van der Waals surface area contributed by atoms with Gasteiger partial charge in [-0.05, 0) is 64.7 Å². The molecule has 0 saturated carbocycles. The quantitative estimate of drug-likeness (QED) is 0.191. The summed E-state index contributed by atoms with van der Waals surface area (Å²) in [7, 11) is 0. The predicted molar refractivity (Wildman–Crippen MR) is 153 cm³/mol. The number of halogens is 4. The maximum atomic E-state index is 13.3. The summed E-state index contributed by atoms with van der Waals surface area (Å²) in [5.74, 6) is -3.06. The van der Waals surface area contributed by atoms with Gasteiger partial charge in [0.2, 0.25) is 0 Å². The molecule has 0 aliphatic carbocycles. The third-order valence-electron chi connectivity index (χ3n) is 6.23. The number of nitrogens with one attached hydrogen (secondary N) is 2. The number of carbonyl (C=O) groups is 3. The van der Waals surface area contributed by atoms with Gasteiger partial charge in [0, 0.05) is 17.0 Å². The SMILES string of the molecule is O=C(N[C@@H](Cc1ccc(Cl)cc1)C(=O)O)C(=Cc1cccc(C(F)(F)F)c1)NC(=O)c1ccc(-c2ccccc2)cc1. The van der Waals surface area contributed by atoms with E-state index in [0.29, 0.717) is 10.6 Å². The van der Waals surface area contributed by atoms with Crippen molar-refractivity contribution in [2.45, 2.75) is 18.6 Å². The van der Waals surface area contributed by atoms with Crippen LogP contribution in [0.3, 0.4) is 0 Å². The van der Waals surface area contributed by atoms with E-state index < -0.39 is 41.3 Å². The Bertz CT molecular complexity index is 1600. The van der Waals surface area contributed by atoms with Crippen molar-refractivity contribution in [1.29, 1.82) is 0 Å². The zero-order valence-electron chi connectivity index (χ0n) is 21.9. The number of benzene rings is 4. The number of aliphatic carboxylic acids is 1. The van der Waals surface area contributed by atoms with E-state index in [2.05, 4.69) is 10.6 Å². The van der Waals surface area contributed by atoms with Gasteiger partial charge in [-0.2, -0.15) is 13.2 Å². The lowest BCUT2D eigenvalue weighted by Crippen LogP contribution is -2.45. The summed E-state index contributed by atoms with van der Waals surface area (Å²) in [6.45, 7) is 0. The van der Waals surface area contributed by atoms with Gasteiger partial charge in [-0.15, -0.1) is 0 Å². The minimum absolute atomic E-state index is 0.0284. The molecule has 214 valence electrons. The van der Waals surface area contributed by atoms with E-state index >= 15 is 0 Å². The molecule has 3 N–H and O–H groups in total. The molecule has 0 heterocycles. The lowest BCUT2D eigenvalue weighted by atomic mass is 10.0. The van der Waals surface area contributed by atoms with Gasteiger partial charge in [-0.25, -0.2) is 4.79 Å². The summed E-state index contributed by atoms with van der Waals surface area (Å²) >= 11 is 5.89. The van der Waals surface area contributed by atoms with Gasteiger partial charge in [0.25, 0.3) is 11.8 Å². The molecule has 4 aromatic rings. The molecular weight excluding hydrogens is 569 g/mol. The lowest BCUT2D eigenvalue weighted by Gasteiger charge is -2.17. The molecule has 42 heavy (non-hydrogen) atoms. The van der Waals surface area contributed by atoms with Gasteiger partial charge >= 0.3 is 12.1 Å². The van der Waals surface area contributed by atoms with Crippen LogP contribution < -0.4 is 10.6 Å². The first-order valence-corrected chi connectivity index (χ1v) is 13.0. The Kier molecular flexibility index (Phi) is 9.44. The van der Waals surface area contributed by atoms with E-state index in [1.165, 1.54) is 18.2 Å². The first kappa shape index (κ1) is 30.1. The van der Waals surface area contributed by atoms with Crippen LogP contribution in [-0.4, -0.2) is 28.9 Å². The van der Waals surface area contributed by atoms with Crippen LogP contribution in [0, 0.1) is 0 Å². The third kappa shape index (κ3) is 8.08. The van der Waals surface area contributed by atoms with E-state index in [-0.39, 0.29) is 17.5 Å². The maximum absolute atomic E-state index is 13.3. The molecule has 0 unspecified atom stereocenters. The fraction of sp³-hybridized carbons (Fsp3) is 0.0938. The summed E-state index contributed by atoms with van der Waals surface area (Å²) in [5, 5.41) is 15.0. The minimum Gasteiger partial charge on any atom is -0.480 e. The molecule has 2 amide bonds. The highest BCUT2D eigenvalue weighted by Crippen LogP contribution is 2.30. The molecule has 4 rings (SSSR count). The summed E-state index contributed by atoms with van der Waals surface area (Å²) in [6.07, 6.45) is -3.69. The fourth-order valence-corrected chi connectivity index (χ4v) is 4.19. The van der Waals surface area contributed by atoms with Crippen LogP contribution in [0.25, 0.3) is 17.2 Å². The van der Waals surface area contributed by atoms with Crippen molar-refractivity contribution in [2.24, 2.45) is 0 Å². The first-order valence-electron chi connectivity index (χ1n) is 12.6. The first-order chi connectivity index (χ1) is 20.0. The number of carboxylic acid groups (broad SMARTS) is 1. The van der Waals surface area contributed by atoms with Crippen molar-refractivity contribution >= 4 is 35.5 Å². The second-order valence-electron chi connectivity index (χ2n) is 9.27. The molecule has 0 saturated heterocycles. The number of carboxylic acids is 1. The number of rotatable bonds is 9. The van der Waals surface area contributed by atoms with Crippen LogP contribution >= 0.6 is 11.6 Å². The molecular formula is C32H24ClF3N2O4. The number of alkyl halides is 3. The molecule has 0 aromatic heterocycles. The molecule has 0 spiro atoms. The maximum Gasteiger partial charge on any atom is 0.416 e. The number of hydrogen-bond acceptors (Lipinski definition) is 3. The Morgan fingerprint density at radius 1 is 0.833 bits per heavy atom. The lowest BCUT2D eigenvalue weighted by molar-refractivity contribution is -0.141. The molecule has 10 heteroatoms. The summed E-state index contributed by atoms with van der Waals surface area (Å²) in [5.41, 5.74) is 1.09. The molecule has 6 nitrogen and oxygen atoms in total. The van der Waals surface area contributed by atoms with Crippen LogP contribution in [0.4, 0.5) is 13.2 Å². The van der Waals surface area contributed by atoms with Gasteiger partial charge in [0.1, 0.15) is 11.7 Å². The highest BCUT2D eigenvalue weighted by atomic mass is 35.5. The van der Waals surface area contributed by atoms with Gasteiger partial charge in [-0.1, -0.05) is 78.3 Å². The summed E-state index contributed by atoms with van der Waals surface area (Å²) in [6, 6.07) is 25.0. The molecule has 0 aliphatic rings. The Morgan fingerprint density at radius 2 is 1.48 bits per heavy atom. The molecule has 0 fully saturated rings. The van der Waals surface area contributed by atoms with Gasteiger partial charge < -0.3 is 15.7 Å². The van der Waals surface area contributed by atoms with E-state index in [0.717, 1.165) is 35.4 Å². The third-order valence-corrected chi connectivity index (χ3v) is 6.48. The Labute approximate surface area is 244 Å². The van der Waals surface area contributed by atoms with Crippen molar-refractivity contribution < 1.29 is 32.7 Å². The average Bonchev–Trinajstić information content (AvgIpc) is 2.97. The topological polar surface area (TPSA) is 95.5 Å². The van der Waals surface area contributed by atoms with Crippen LogP contribution in [0.5, 0.6) is 0 Å². The highest BCUT2D eigenvalue weighted by Gasteiger charge is 2.30. The van der Waals surface area contributed by atoms with Gasteiger partial charge in [0.05, 0.1) is 5.56 Å². The second-order valence-corrected chi connectivity index (χ2v) is 9.71. The largest absolute Gasteiger partial charge is 0.480 e. The predicted octanol–water partition coefficient (Wildman–Crippen LogP) is 6.61. The van der Waals surface area contributed by atoms with Gasteiger partial charge in [0.15, 0.2) is 0 Å². The van der Waals surface area contributed by atoms with Crippen LogP contribution in [0.1, 0.15) is 27.0 Å². The van der Waals surface area contributed by atoms with E-state index in [4.69, 9.17) is 11.6 Å². The van der Waals surface area contributed by atoms with Crippen molar-refractivity contribution in [3.8, 4) is 11.1 Å². The van der Waals surface area contributed by atoms with Gasteiger partial charge in [-0.3, -0.25) is 9.59 Å².